The van der Waals surface area contributed by atoms with Gasteiger partial charge in [-0.3, -0.25) is 0 Å². The summed E-state index contributed by atoms with van der Waals surface area (Å²) in [7, 11) is 0. The number of ether oxygens (including phenoxy) is 1. The van der Waals surface area contributed by atoms with E-state index in [4.69, 9.17) is 14.9 Å². The molecule has 1 atom stereocenters. The Bertz CT molecular complexity index is 726. The summed E-state index contributed by atoms with van der Waals surface area (Å²) >= 11 is 0. The summed E-state index contributed by atoms with van der Waals surface area (Å²) in [5.74, 6) is 1.04. The van der Waals surface area contributed by atoms with Gasteiger partial charge in [-0.05, 0) is 49.1 Å². The number of hydrogen-bond donors (Lipinski definition) is 2. The van der Waals surface area contributed by atoms with Gasteiger partial charge in [0.15, 0.2) is 5.96 Å². The molecule has 0 radical (unpaired) electrons. The van der Waals surface area contributed by atoms with Crippen molar-refractivity contribution in [1.82, 2.24) is 0 Å². The van der Waals surface area contributed by atoms with Crippen molar-refractivity contribution in [2.75, 3.05) is 11.9 Å². The number of rotatable bonds is 7. The first-order valence-electron chi connectivity index (χ1n) is 8.46. The third kappa shape index (κ3) is 6.36. The third-order valence-electron chi connectivity index (χ3n) is 3.91. The molecule has 3 N–H and O–H groups in total. The van der Waals surface area contributed by atoms with Gasteiger partial charge >= 0.3 is 5.97 Å². The molecule has 2 rings (SSSR count). The first-order chi connectivity index (χ1) is 12.0. The van der Waals surface area contributed by atoms with Crippen molar-refractivity contribution in [3.8, 4) is 0 Å². The number of furan rings is 1. The van der Waals surface area contributed by atoms with E-state index in [0.717, 1.165) is 12.1 Å². The molecule has 0 amide bonds. The standard InChI is InChI=1S/C19H25N3O3.HI/c1-4-13(3)14-6-8-15(9-7-14)22-19(20)21-12-16-10-11-17(25-16)18(23)24-5-2;/h6-11,13H,4-5,12H2,1-3H3,(H3,20,21,22);1H. The maximum absolute atomic E-state index is 11.5. The molecular formula is C19H26IN3O3. The van der Waals surface area contributed by atoms with Crippen LogP contribution in [0.15, 0.2) is 45.8 Å². The number of halogens is 1. The Balaban J connectivity index is 0.00000338. The average Bonchev–Trinajstić information content (AvgIpc) is 3.09. The van der Waals surface area contributed by atoms with Crippen LogP contribution in [0.25, 0.3) is 0 Å². The number of benzene rings is 1. The normalized spacial score (nSPS) is 12.2. The second-order valence-electron chi connectivity index (χ2n) is 5.74. The van der Waals surface area contributed by atoms with Crippen LogP contribution in [0.1, 0.15) is 55.0 Å². The number of nitrogens with one attached hydrogen (secondary N) is 1. The number of esters is 1. The fraction of sp³-hybridized carbons (Fsp3) is 0.368. The average molecular weight is 471 g/mol. The lowest BCUT2D eigenvalue weighted by Crippen LogP contribution is -2.22. The van der Waals surface area contributed by atoms with E-state index in [1.807, 2.05) is 12.1 Å². The van der Waals surface area contributed by atoms with E-state index in [1.54, 1.807) is 19.1 Å². The Morgan fingerprint density at radius 3 is 2.54 bits per heavy atom. The van der Waals surface area contributed by atoms with Gasteiger partial charge in [0, 0.05) is 5.69 Å². The smallest absolute Gasteiger partial charge is 0.374 e. The lowest BCUT2D eigenvalue weighted by atomic mass is 9.99. The number of hydrogen-bond acceptors (Lipinski definition) is 4. The van der Waals surface area contributed by atoms with Crippen LogP contribution in [0.3, 0.4) is 0 Å². The zero-order valence-electron chi connectivity index (χ0n) is 15.3. The van der Waals surface area contributed by atoms with Crippen molar-refractivity contribution >= 4 is 41.6 Å². The molecule has 7 heteroatoms. The van der Waals surface area contributed by atoms with Crippen molar-refractivity contribution in [1.29, 1.82) is 0 Å². The Morgan fingerprint density at radius 1 is 1.23 bits per heavy atom. The number of carbonyl (C=O) groups excluding carboxylic acids is 1. The summed E-state index contributed by atoms with van der Waals surface area (Å²) in [6, 6.07) is 11.4. The largest absolute Gasteiger partial charge is 0.460 e. The van der Waals surface area contributed by atoms with E-state index in [0.29, 0.717) is 18.3 Å². The van der Waals surface area contributed by atoms with E-state index < -0.39 is 5.97 Å². The van der Waals surface area contributed by atoms with Gasteiger partial charge in [0.1, 0.15) is 12.3 Å². The molecule has 1 aromatic carbocycles. The highest BCUT2D eigenvalue weighted by atomic mass is 127. The number of anilines is 1. The highest BCUT2D eigenvalue weighted by molar-refractivity contribution is 14.0. The SMILES string of the molecule is CCOC(=O)c1ccc(CN=C(N)Nc2ccc(C(C)CC)cc2)o1.I. The van der Waals surface area contributed by atoms with Crippen LogP contribution in [-0.4, -0.2) is 18.5 Å². The second-order valence-corrected chi connectivity index (χ2v) is 5.74. The Morgan fingerprint density at radius 2 is 1.92 bits per heavy atom. The van der Waals surface area contributed by atoms with Crippen LogP contribution in [0, 0.1) is 0 Å². The highest BCUT2D eigenvalue weighted by Gasteiger charge is 2.11. The molecule has 0 fully saturated rings. The fourth-order valence-electron chi connectivity index (χ4n) is 2.26. The van der Waals surface area contributed by atoms with E-state index in [-0.39, 0.29) is 42.2 Å². The van der Waals surface area contributed by atoms with Crippen molar-refractivity contribution in [2.45, 2.75) is 39.7 Å². The molecule has 0 aliphatic carbocycles. The molecule has 1 aromatic heterocycles. The van der Waals surface area contributed by atoms with Gasteiger partial charge in [-0.15, -0.1) is 24.0 Å². The van der Waals surface area contributed by atoms with Crippen LogP contribution >= 0.6 is 24.0 Å². The quantitative estimate of drug-likeness (QED) is 0.268. The van der Waals surface area contributed by atoms with Crippen LogP contribution in [0.2, 0.25) is 0 Å². The molecule has 1 heterocycles. The molecule has 142 valence electrons. The molecule has 2 aromatic rings. The maximum atomic E-state index is 11.5. The van der Waals surface area contributed by atoms with Gasteiger partial charge in [-0.2, -0.15) is 0 Å². The molecule has 0 aliphatic rings. The van der Waals surface area contributed by atoms with E-state index in [1.165, 1.54) is 5.56 Å². The van der Waals surface area contributed by atoms with Crippen molar-refractivity contribution < 1.29 is 13.9 Å². The number of guanidine groups is 1. The van der Waals surface area contributed by atoms with Crippen LogP contribution < -0.4 is 11.1 Å². The Labute approximate surface area is 171 Å². The van der Waals surface area contributed by atoms with Crippen molar-refractivity contribution in [2.24, 2.45) is 10.7 Å². The van der Waals surface area contributed by atoms with Gasteiger partial charge in [-0.1, -0.05) is 26.0 Å². The monoisotopic (exact) mass is 471 g/mol. The lowest BCUT2D eigenvalue weighted by Gasteiger charge is -2.10. The summed E-state index contributed by atoms with van der Waals surface area (Å²) < 4.78 is 10.3. The minimum Gasteiger partial charge on any atom is -0.460 e. The molecule has 0 saturated carbocycles. The summed E-state index contributed by atoms with van der Waals surface area (Å²) in [6.07, 6.45) is 1.10. The lowest BCUT2D eigenvalue weighted by molar-refractivity contribution is 0.0488. The van der Waals surface area contributed by atoms with Gasteiger partial charge in [0.2, 0.25) is 5.76 Å². The molecule has 26 heavy (non-hydrogen) atoms. The number of carbonyl (C=O) groups is 1. The Kier molecular flexibility index (Phi) is 9.18. The fourth-order valence-corrected chi connectivity index (χ4v) is 2.26. The molecule has 0 spiro atoms. The molecule has 0 aliphatic heterocycles. The van der Waals surface area contributed by atoms with E-state index in [9.17, 15) is 4.79 Å². The molecular weight excluding hydrogens is 445 g/mol. The minimum atomic E-state index is -0.481. The Hall–Kier alpha value is -2.03. The predicted octanol–water partition coefficient (Wildman–Crippen LogP) is 4.51. The van der Waals surface area contributed by atoms with Crippen LogP contribution in [0.4, 0.5) is 5.69 Å². The van der Waals surface area contributed by atoms with E-state index in [2.05, 4.69) is 36.3 Å². The second kappa shape index (κ2) is 10.8. The van der Waals surface area contributed by atoms with Gasteiger partial charge in [0.05, 0.1) is 6.61 Å². The highest BCUT2D eigenvalue weighted by Crippen LogP contribution is 2.20. The summed E-state index contributed by atoms with van der Waals surface area (Å²) in [6.45, 7) is 6.66. The van der Waals surface area contributed by atoms with Crippen LogP contribution in [-0.2, 0) is 11.3 Å². The van der Waals surface area contributed by atoms with Gasteiger partial charge < -0.3 is 20.2 Å². The number of nitrogens with two attached hydrogens (primary N) is 1. The molecule has 1 unspecified atom stereocenters. The number of aliphatic imine (C=N–C) groups is 1. The summed E-state index contributed by atoms with van der Waals surface area (Å²) in [5.41, 5.74) is 8.07. The zero-order valence-corrected chi connectivity index (χ0v) is 17.7. The van der Waals surface area contributed by atoms with Gasteiger partial charge in [-0.25, -0.2) is 9.79 Å². The van der Waals surface area contributed by atoms with Crippen molar-refractivity contribution in [3.63, 3.8) is 0 Å². The third-order valence-corrected chi connectivity index (χ3v) is 3.91. The summed E-state index contributed by atoms with van der Waals surface area (Å²) in [5, 5.41) is 3.04. The predicted molar refractivity (Wildman–Crippen MR) is 114 cm³/mol. The topological polar surface area (TPSA) is 89.8 Å². The zero-order chi connectivity index (χ0) is 18.2. The van der Waals surface area contributed by atoms with E-state index >= 15 is 0 Å². The van der Waals surface area contributed by atoms with Gasteiger partial charge in [0.25, 0.3) is 0 Å². The maximum Gasteiger partial charge on any atom is 0.374 e. The molecule has 6 nitrogen and oxygen atoms in total. The van der Waals surface area contributed by atoms with Crippen molar-refractivity contribution in [3.05, 3.63) is 53.5 Å². The minimum absolute atomic E-state index is 0. The van der Waals surface area contributed by atoms with Crippen LogP contribution in [0.5, 0.6) is 0 Å². The summed E-state index contributed by atoms with van der Waals surface area (Å²) in [4.78, 5) is 15.8. The first kappa shape index (κ1) is 22.0. The molecule has 0 bridgehead atoms. The first-order valence-corrected chi connectivity index (χ1v) is 8.46. The number of nitrogens with zero attached hydrogens (tertiary/aromatic N) is 1. The molecule has 0 saturated heterocycles.